The van der Waals surface area contributed by atoms with Gasteiger partial charge in [0.05, 0.1) is 13.7 Å². The van der Waals surface area contributed by atoms with Crippen LogP contribution >= 0.6 is 0 Å². The summed E-state index contributed by atoms with van der Waals surface area (Å²) in [5.41, 5.74) is -0.0922. The van der Waals surface area contributed by atoms with Gasteiger partial charge in [-0.1, -0.05) is 6.07 Å². The molecule has 0 aliphatic carbocycles. The Kier molecular flexibility index (Phi) is 5.64. The molecule has 1 atom stereocenters. The molecule has 1 aromatic heterocycles. The summed E-state index contributed by atoms with van der Waals surface area (Å²) in [6.07, 6.45) is 2.77. The minimum Gasteiger partial charge on any atom is -0.494 e. The minimum absolute atomic E-state index is 0.0208. The van der Waals surface area contributed by atoms with E-state index in [0.29, 0.717) is 22.6 Å². The second-order valence-corrected chi connectivity index (χ2v) is 6.05. The lowest BCUT2D eigenvalue weighted by Crippen LogP contribution is -2.38. The van der Waals surface area contributed by atoms with E-state index in [9.17, 15) is 14.3 Å². The Bertz CT molecular complexity index is 793. The molecule has 6 heteroatoms. The second kappa shape index (κ2) is 7.53. The molecule has 134 valence electrons. The number of aliphatic hydroxyl groups is 1. The normalized spacial score (nSPS) is 13.7. The summed E-state index contributed by atoms with van der Waals surface area (Å²) in [6, 6.07) is 6.15. The van der Waals surface area contributed by atoms with Crippen LogP contribution in [0.4, 0.5) is 4.39 Å². The van der Waals surface area contributed by atoms with E-state index >= 15 is 0 Å². The number of nitrogens with one attached hydrogen (secondary N) is 1. The molecule has 0 fully saturated rings. The lowest BCUT2D eigenvalue weighted by atomic mass is 9.96. The van der Waals surface area contributed by atoms with Gasteiger partial charge in [0.25, 0.3) is 0 Å². The smallest absolute Gasteiger partial charge is 0.244 e. The Morgan fingerprint density at radius 3 is 2.68 bits per heavy atom. The number of rotatable bonds is 6. The Morgan fingerprint density at radius 2 is 2.12 bits per heavy atom. The Balaban J connectivity index is 1.98. The highest BCUT2D eigenvalue weighted by Crippen LogP contribution is 2.26. The van der Waals surface area contributed by atoms with E-state index in [1.807, 2.05) is 0 Å². The van der Waals surface area contributed by atoms with Crippen molar-refractivity contribution in [2.24, 2.45) is 0 Å². The lowest BCUT2D eigenvalue weighted by Gasteiger charge is -2.22. The molecule has 1 heterocycles. The molecule has 0 aliphatic rings. The monoisotopic (exact) mass is 347 g/mol. The molecule has 0 saturated carbocycles. The van der Waals surface area contributed by atoms with Crippen molar-refractivity contribution in [3.05, 3.63) is 58.8 Å². The van der Waals surface area contributed by atoms with Crippen LogP contribution in [0.1, 0.15) is 29.6 Å². The van der Waals surface area contributed by atoms with E-state index in [1.54, 1.807) is 32.9 Å². The molecule has 1 amide bonds. The number of ether oxygens (including phenoxy) is 1. The number of aryl methyl sites for hydroxylation is 2. The van der Waals surface area contributed by atoms with Crippen molar-refractivity contribution in [2.45, 2.75) is 26.4 Å². The van der Waals surface area contributed by atoms with E-state index in [0.717, 1.165) is 0 Å². The molecule has 0 radical (unpaired) electrons. The molecule has 1 unspecified atom stereocenters. The number of furan rings is 1. The van der Waals surface area contributed by atoms with Gasteiger partial charge < -0.3 is 19.6 Å². The molecular weight excluding hydrogens is 325 g/mol. The van der Waals surface area contributed by atoms with Gasteiger partial charge in [-0.05, 0) is 50.6 Å². The van der Waals surface area contributed by atoms with Crippen molar-refractivity contribution in [3.8, 4) is 5.75 Å². The molecule has 0 bridgehead atoms. The van der Waals surface area contributed by atoms with Gasteiger partial charge in [-0.3, -0.25) is 4.79 Å². The predicted molar refractivity (Wildman–Crippen MR) is 92.7 cm³/mol. The van der Waals surface area contributed by atoms with Crippen LogP contribution in [-0.2, 0) is 10.4 Å². The van der Waals surface area contributed by atoms with Crippen molar-refractivity contribution < 1.29 is 23.4 Å². The van der Waals surface area contributed by atoms with Gasteiger partial charge in [-0.15, -0.1) is 0 Å². The van der Waals surface area contributed by atoms with E-state index in [4.69, 9.17) is 9.15 Å². The van der Waals surface area contributed by atoms with Gasteiger partial charge in [-0.25, -0.2) is 4.39 Å². The fraction of sp³-hybridized carbons (Fsp3) is 0.316. The third kappa shape index (κ3) is 4.70. The second-order valence-electron chi connectivity index (χ2n) is 6.05. The summed E-state index contributed by atoms with van der Waals surface area (Å²) < 4.78 is 23.9. The van der Waals surface area contributed by atoms with Crippen LogP contribution in [0, 0.1) is 19.7 Å². The molecule has 2 aromatic rings. The fourth-order valence-electron chi connectivity index (χ4n) is 2.54. The lowest BCUT2D eigenvalue weighted by molar-refractivity contribution is -0.117. The number of halogens is 1. The molecule has 1 aromatic carbocycles. The Morgan fingerprint density at radius 1 is 1.40 bits per heavy atom. The highest BCUT2D eigenvalue weighted by Gasteiger charge is 2.27. The first-order valence-electron chi connectivity index (χ1n) is 7.82. The number of hydrogen-bond acceptors (Lipinski definition) is 4. The third-order valence-corrected chi connectivity index (χ3v) is 3.83. The Hall–Kier alpha value is -2.60. The van der Waals surface area contributed by atoms with Crippen LogP contribution in [-0.4, -0.2) is 24.7 Å². The van der Waals surface area contributed by atoms with Crippen LogP contribution in [0.2, 0.25) is 0 Å². The average molecular weight is 347 g/mol. The first kappa shape index (κ1) is 18.7. The van der Waals surface area contributed by atoms with Crippen LogP contribution in [0.3, 0.4) is 0 Å². The van der Waals surface area contributed by atoms with Crippen molar-refractivity contribution in [3.63, 3.8) is 0 Å². The van der Waals surface area contributed by atoms with Gasteiger partial charge in [0.15, 0.2) is 11.6 Å². The maximum atomic E-state index is 13.6. The third-order valence-electron chi connectivity index (χ3n) is 3.83. The van der Waals surface area contributed by atoms with E-state index in [-0.39, 0.29) is 12.3 Å². The van der Waals surface area contributed by atoms with Crippen LogP contribution in [0.25, 0.3) is 6.08 Å². The molecule has 0 saturated heterocycles. The summed E-state index contributed by atoms with van der Waals surface area (Å²) in [5, 5.41) is 13.2. The standard InChI is InChI=1S/C19H22FNO4/c1-12-9-15(13(2)25-12)19(3,23)11-21-18(22)8-6-14-5-7-17(24-4)16(20)10-14/h5-10,23H,11H2,1-4H3,(H,21,22)/b8-6+. The molecule has 2 rings (SSSR count). The van der Waals surface area contributed by atoms with Gasteiger partial charge in [0.2, 0.25) is 5.91 Å². The summed E-state index contributed by atoms with van der Waals surface area (Å²) in [6.45, 7) is 5.18. The van der Waals surface area contributed by atoms with E-state index < -0.39 is 17.3 Å². The van der Waals surface area contributed by atoms with E-state index in [1.165, 1.54) is 31.4 Å². The summed E-state index contributed by atoms with van der Waals surface area (Å²) >= 11 is 0. The molecular formula is C19H22FNO4. The van der Waals surface area contributed by atoms with Crippen molar-refractivity contribution in [1.82, 2.24) is 5.32 Å². The van der Waals surface area contributed by atoms with Gasteiger partial charge in [0.1, 0.15) is 17.1 Å². The fourth-order valence-corrected chi connectivity index (χ4v) is 2.54. The van der Waals surface area contributed by atoms with E-state index in [2.05, 4.69) is 5.32 Å². The molecule has 5 nitrogen and oxygen atoms in total. The average Bonchev–Trinajstić information content (AvgIpc) is 2.90. The highest BCUT2D eigenvalue weighted by atomic mass is 19.1. The first-order valence-corrected chi connectivity index (χ1v) is 7.82. The van der Waals surface area contributed by atoms with Crippen molar-refractivity contribution in [1.29, 1.82) is 0 Å². The number of carbonyl (C=O) groups excluding carboxylic acids is 1. The quantitative estimate of drug-likeness (QED) is 0.788. The first-order chi connectivity index (χ1) is 11.7. The van der Waals surface area contributed by atoms with Crippen LogP contribution in [0.15, 0.2) is 34.8 Å². The number of carbonyl (C=O) groups is 1. The number of hydrogen-bond donors (Lipinski definition) is 2. The van der Waals surface area contributed by atoms with Gasteiger partial charge in [-0.2, -0.15) is 0 Å². The topological polar surface area (TPSA) is 71.7 Å². The van der Waals surface area contributed by atoms with Crippen molar-refractivity contribution in [2.75, 3.05) is 13.7 Å². The van der Waals surface area contributed by atoms with Crippen LogP contribution < -0.4 is 10.1 Å². The number of amides is 1. The Labute approximate surface area is 146 Å². The zero-order chi connectivity index (χ0) is 18.6. The number of methoxy groups -OCH3 is 1. The summed E-state index contributed by atoms with van der Waals surface area (Å²) in [7, 11) is 1.39. The SMILES string of the molecule is COc1ccc(/C=C/C(=O)NCC(C)(O)c2cc(C)oc2C)cc1F. The minimum atomic E-state index is -1.25. The zero-order valence-corrected chi connectivity index (χ0v) is 14.7. The summed E-state index contributed by atoms with van der Waals surface area (Å²) in [5.74, 6) is 0.554. The maximum absolute atomic E-state index is 13.6. The van der Waals surface area contributed by atoms with Gasteiger partial charge in [0, 0.05) is 11.6 Å². The molecule has 0 aliphatic heterocycles. The predicted octanol–water partition coefficient (Wildman–Crippen LogP) is 3.08. The molecule has 0 spiro atoms. The summed E-state index contributed by atoms with van der Waals surface area (Å²) in [4.78, 5) is 11.9. The zero-order valence-electron chi connectivity index (χ0n) is 14.7. The highest BCUT2D eigenvalue weighted by molar-refractivity contribution is 5.91. The van der Waals surface area contributed by atoms with Crippen molar-refractivity contribution >= 4 is 12.0 Å². The van der Waals surface area contributed by atoms with Gasteiger partial charge >= 0.3 is 0 Å². The molecule has 25 heavy (non-hydrogen) atoms. The molecule has 2 N–H and O–H groups in total. The largest absolute Gasteiger partial charge is 0.494 e. The number of benzene rings is 1. The maximum Gasteiger partial charge on any atom is 0.244 e. The van der Waals surface area contributed by atoms with Crippen LogP contribution in [0.5, 0.6) is 5.75 Å².